The molecule has 0 spiro atoms. The number of benzene rings is 1. The van der Waals surface area contributed by atoms with Gasteiger partial charge in [0.2, 0.25) is 5.91 Å². The lowest BCUT2D eigenvalue weighted by Crippen LogP contribution is -2.16. The Morgan fingerprint density at radius 1 is 1.00 bits per heavy atom. The van der Waals surface area contributed by atoms with Crippen LogP contribution in [0.4, 0.5) is 0 Å². The maximum atomic E-state index is 11.7. The molecule has 0 atom stereocenters. The molecule has 128 valence electrons. The van der Waals surface area contributed by atoms with Crippen molar-refractivity contribution in [3.05, 3.63) is 34.3 Å². The van der Waals surface area contributed by atoms with E-state index in [9.17, 15) is 4.79 Å². The predicted molar refractivity (Wildman–Crippen MR) is 102 cm³/mol. The zero-order chi connectivity index (χ0) is 16.8. The molecule has 1 N–H and O–H groups in total. The molecule has 0 radical (unpaired) electrons. The standard InChI is InChI=1S/C19H29BrN2O/c1-2-3-4-5-6-7-8-9-10-11-19(23)22-21-16-17-12-14-18(20)15-13-17/h12-16H,2-11H2,1H3,(H,22,23)/b21-16+. The number of nitrogens with one attached hydrogen (secondary N) is 1. The van der Waals surface area contributed by atoms with Crippen LogP contribution in [0, 0.1) is 0 Å². The topological polar surface area (TPSA) is 41.5 Å². The average molecular weight is 381 g/mol. The number of amides is 1. The molecule has 0 aliphatic heterocycles. The summed E-state index contributed by atoms with van der Waals surface area (Å²) in [4.78, 5) is 11.7. The second-order valence-corrected chi connectivity index (χ2v) is 6.84. The third-order valence-electron chi connectivity index (χ3n) is 3.78. The minimum Gasteiger partial charge on any atom is -0.273 e. The van der Waals surface area contributed by atoms with Gasteiger partial charge in [0.15, 0.2) is 0 Å². The largest absolute Gasteiger partial charge is 0.273 e. The van der Waals surface area contributed by atoms with Gasteiger partial charge in [0.05, 0.1) is 6.21 Å². The fraction of sp³-hybridized carbons (Fsp3) is 0.579. The van der Waals surface area contributed by atoms with Gasteiger partial charge in [-0.2, -0.15) is 5.10 Å². The summed E-state index contributed by atoms with van der Waals surface area (Å²) in [5.41, 5.74) is 3.56. The number of carbonyl (C=O) groups excluding carboxylic acids is 1. The lowest BCUT2D eigenvalue weighted by molar-refractivity contribution is -0.121. The van der Waals surface area contributed by atoms with E-state index < -0.39 is 0 Å². The van der Waals surface area contributed by atoms with E-state index in [0.29, 0.717) is 6.42 Å². The molecule has 0 aliphatic carbocycles. The lowest BCUT2D eigenvalue weighted by Gasteiger charge is -2.02. The van der Waals surface area contributed by atoms with Crippen molar-refractivity contribution >= 4 is 28.1 Å². The zero-order valence-electron chi connectivity index (χ0n) is 14.2. The molecule has 1 amide bonds. The molecule has 0 saturated heterocycles. The Morgan fingerprint density at radius 3 is 2.17 bits per heavy atom. The van der Waals surface area contributed by atoms with Crippen molar-refractivity contribution in [2.75, 3.05) is 0 Å². The number of unbranched alkanes of at least 4 members (excludes halogenated alkanes) is 8. The van der Waals surface area contributed by atoms with E-state index in [1.807, 2.05) is 24.3 Å². The highest BCUT2D eigenvalue weighted by atomic mass is 79.9. The van der Waals surface area contributed by atoms with Crippen LogP contribution in [0.15, 0.2) is 33.8 Å². The van der Waals surface area contributed by atoms with Crippen LogP contribution in [-0.4, -0.2) is 12.1 Å². The first-order valence-corrected chi connectivity index (χ1v) is 9.59. The third kappa shape index (κ3) is 11.1. The number of halogens is 1. The van der Waals surface area contributed by atoms with E-state index in [4.69, 9.17) is 0 Å². The van der Waals surface area contributed by atoms with Gasteiger partial charge in [-0.25, -0.2) is 5.43 Å². The summed E-state index contributed by atoms with van der Waals surface area (Å²) < 4.78 is 1.03. The molecule has 23 heavy (non-hydrogen) atoms. The van der Waals surface area contributed by atoms with Crippen molar-refractivity contribution in [1.29, 1.82) is 0 Å². The molecular weight excluding hydrogens is 352 g/mol. The van der Waals surface area contributed by atoms with Crippen LogP contribution in [0.5, 0.6) is 0 Å². The van der Waals surface area contributed by atoms with Gasteiger partial charge in [-0.1, -0.05) is 86.4 Å². The summed E-state index contributed by atoms with van der Waals surface area (Å²) in [6.07, 6.45) is 13.6. The van der Waals surface area contributed by atoms with Gasteiger partial charge >= 0.3 is 0 Å². The molecule has 4 heteroatoms. The highest BCUT2D eigenvalue weighted by Crippen LogP contribution is 2.10. The molecule has 0 aliphatic rings. The minimum absolute atomic E-state index is 0.00121. The smallest absolute Gasteiger partial charge is 0.240 e. The van der Waals surface area contributed by atoms with Crippen LogP contribution in [0.3, 0.4) is 0 Å². The number of rotatable bonds is 12. The summed E-state index contributed by atoms with van der Waals surface area (Å²) >= 11 is 3.38. The molecule has 0 unspecified atom stereocenters. The minimum atomic E-state index is 0.00121. The Labute approximate surface area is 149 Å². The van der Waals surface area contributed by atoms with Crippen LogP contribution >= 0.6 is 15.9 Å². The number of nitrogens with zero attached hydrogens (tertiary/aromatic N) is 1. The van der Waals surface area contributed by atoms with Crippen molar-refractivity contribution in [2.45, 2.75) is 71.1 Å². The van der Waals surface area contributed by atoms with Crippen LogP contribution in [0.2, 0.25) is 0 Å². The Balaban J connectivity index is 1.99. The highest BCUT2D eigenvalue weighted by molar-refractivity contribution is 9.10. The Morgan fingerprint density at radius 2 is 1.57 bits per heavy atom. The quantitative estimate of drug-likeness (QED) is 0.277. The van der Waals surface area contributed by atoms with E-state index in [0.717, 1.165) is 22.9 Å². The monoisotopic (exact) mass is 380 g/mol. The lowest BCUT2D eigenvalue weighted by atomic mass is 10.1. The first kappa shape index (κ1) is 19.9. The van der Waals surface area contributed by atoms with Crippen molar-refractivity contribution in [1.82, 2.24) is 5.43 Å². The second-order valence-electron chi connectivity index (χ2n) is 5.92. The molecule has 0 fully saturated rings. The van der Waals surface area contributed by atoms with Gasteiger partial charge in [0.1, 0.15) is 0 Å². The predicted octanol–water partition coefficient (Wildman–Crippen LogP) is 5.82. The number of hydrogen-bond acceptors (Lipinski definition) is 2. The summed E-state index contributed by atoms with van der Waals surface area (Å²) in [5, 5.41) is 3.99. The fourth-order valence-corrected chi connectivity index (χ4v) is 2.64. The Bertz CT molecular complexity index is 457. The molecule has 0 aromatic heterocycles. The molecular formula is C19H29BrN2O. The fourth-order valence-electron chi connectivity index (χ4n) is 2.38. The molecule has 3 nitrogen and oxygen atoms in total. The van der Waals surface area contributed by atoms with E-state index in [1.54, 1.807) is 6.21 Å². The molecule has 0 bridgehead atoms. The number of hydrazone groups is 1. The normalized spacial score (nSPS) is 11.0. The van der Waals surface area contributed by atoms with Crippen molar-refractivity contribution in [3.8, 4) is 0 Å². The van der Waals surface area contributed by atoms with E-state index in [-0.39, 0.29) is 5.91 Å². The number of hydrogen-bond donors (Lipinski definition) is 1. The summed E-state index contributed by atoms with van der Waals surface area (Å²) in [6, 6.07) is 7.79. The molecule has 0 heterocycles. The summed E-state index contributed by atoms with van der Waals surface area (Å²) in [5.74, 6) is 0.00121. The van der Waals surface area contributed by atoms with Gasteiger partial charge in [-0.05, 0) is 24.1 Å². The molecule has 1 aromatic carbocycles. The van der Waals surface area contributed by atoms with Crippen LogP contribution in [0.1, 0.15) is 76.7 Å². The average Bonchev–Trinajstić information content (AvgIpc) is 2.55. The second kappa shape index (κ2) is 13.3. The summed E-state index contributed by atoms with van der Waals surface area (Å²) in [6.45, 7) is 2.24. The first-order chi connectivity index (χ1) is 11.2. The van der Waals surface area contributed by atoms with Gasteiger partial charge in [-0.15, -0.1) is 0 Å². The van der Waals surface area contributed by atoms with Gasteiger partial charge in [0.25, 0.3) is 0 Å². The van der Waals surface area contributed by atoms with Gasteiger partial charge in [-0.3, -0.25) is 4.79 Å². The maximum Gasteiger partial charge on any atom is 0.240 e. The van der Waals surface area contributed by atoms with Crippen LogP contribution in [-0.2, 0) is 4.79 Å². The maximum absolute atomic E-state index is 11.7. The van der Waals surface area contributed by atoms with Crippen LogP contribution in [0.25, 0.3) is 0 Å². The van der Waals surface area contributed by atoms with Crippen molar-refractivity contribution in [3.63, 3.8) is 0 Å². The summed E-state index contributed by atoms with van der Waals surface area (Å²) in [7, 11) is 0. The van der Waals surface area contributed by atoms with Gasteiger partial charge < -0.3 is 0 Å². The Kier molecular flexibility index (Phi) is 11.5. The van der Waals surface area contributed by atoms with Crippen LogP contribution < -0.4 is 5.43 Å². The molecule has 1 rings (SSSR count). The van der Waals surface area contributed by atoms with E-state index in [2.05, 4.69) is 33.4 Å². The Hall–Kier alpha value is -1.16. The zero-order valence-corrected chi connectivity index (χ0v) is 15.8. The van der Waals surface area contributed by atoms with E-state index in [1.165, 1.54) is 44.9 Å². The molecule has 1 aromatic rings. The van der Waals surface area contributed by atoms with Gasteiger partial charge in [0, 0.05) is 10.9 Å². The first-order valence-electron chi connectivity index (χ1n) is 8.80. The molecule has 0 saturated carbocycles. The highest BCUT2D eigenvalue weighted by Gasteiger charge is 1.99. The van der Waals surface area contributed by atoms with E-state index >= 15 is 0 Å². The SMILES string of the molecule is CCCCCCCCCCCC(=O)N/N=C/c1ccc(Br)cc1. The number of carbonyl (C=O) groups is 1. The third-order valence-corrected chi connectivity index (χ3v) is 4.31. The van der Waals surface area contributed by atoms with Crippen molar-refractivity contribution in [2.24, 2.45) is 5.10 Å². The van der Waals surface area contributed by atoms with Crippen molar-refractivity contribution < 1.29 is 4.79 Å².